The number of aryl methyl sites for hydroxylation is 1. The summed E-state index contributed by atoms with van der Waals surface area (Å²) in [6.45, 7) is 4.77. The zero-order valence-corrected chi connectivity index (χ0v) is 10.6. The highest BCUT2D eigenvalue weighted by Gasteiger charge is 2.04. The van der Waals surface area contributed by atoms with Gasteiger partial charge in [0.15, 0.2) is 5.78 Å². The molecule has 0 spiro atoms. The van der Waals surface area contributed by atoms with Gasteiger partial charge in [0.2, 0.25) is 0 Å². The first-order valence-electron chi connectivity index (χ1n) is 5.88. The molecule has 0 aliphatic carbocycles. The summed E-state index contributed by atoms with van der Waals surface area (Å²) in [5.74, 6) is 0.883. The van der Waals surface area contributed by atoms with Gasteiger partial charge in [-0.1, -0.05) is 0 Å². The van der Waals surface area contributed by atoms with Crippen LogP contribution in [0.15, 0.2) is 36.7 Å². The third kappa shape index (κ3) is 2.97. The first kappa shape index (κ1) is 12.4. The molecule has 18 heavy (non-hydrogen) atoms. The highest BCUT2D eigenvalue weighted by atomic mass is 16.5. The van der Waals surface area contributed by atoms with Crippen LogP contribution in [0.2, 0.25) is 0 Å². The van der Waals surface area contributed by atoms with E-state index in [9.17, 15) is 4.79 Å². The summed E-state index contributed by atoms with van der Waals surface area (Å²) >= 11 is 0. The monoisotopic (exact) mass is 244 g/mol. The van der Waals surface area contributed by atoms with Gasteiger partial charge in [-0.15, -0.1) is 0 Å². The molecule has 0 saturated carbocycles. The lowest BCUT2D eigenvalue weighted by molar-refractivity contribution is 0.101. The molecule has 1 aromatic carbocycles. The van der Waals surface area contributed by atoms with E-state index in [4.69, 9.17) is 4.74 Å². The molecule has 4 heteroatoms. The number of ketones is 1. The molecular weight excluding hydrogens is 228 g/mol. The summed E-state index contributed by atoms with van der Waals surface area (Å²) in [7, 11) is 0. The maximum atomic E-state index is 11.2. The number of Topliss-reactive ketones (excluding diaryl/α,β-unsaturated/α-hetero) is 1. The van der Waals surface area contributed by atoms with E-state index in [1.165, 1.54) is 0 Å². The van der Waals surface area contributed by atoms with Gasteiger partial charge in [-0.3, -0.25) is 9.48 Å². The van der Waals surface area contributed by atoms with Crippen molar-refractivity contribution in [1.29, 1.82) is 0 Å². The van der Waals surface area contributed by atoms with Crippen LogP contribution in [0, 0.1) is 6.92 Å². The van der Waals surface area contributed by atoms with E-state index in [2.05, 4.69) is 5.10 Å². The molecule has 4 nitrogen and oxygen atoms in total. The Bertz CT molecular complexity index is 533. The Morgan fingerprint density at radius 3 is 2.89 bits per heavy atom. The molecule has 0 unspecified atom stereocenters. The van der Waals surface area contributed by atoms with Gasteiger partial charge >= 0.3 is 0 Å². The normalized spacial score (nSPS) is 10.3. The van der Waals surface area contributed by atoms with Crippen molar-refractivity contribution in [3.05, 3.63) is 47.8 Å². The number of carbonyl (C=O) groups is 1. The first-order chi connectivity index (χ1) is 8.66. The lowest BCUT2D eigenvalue weighted by Gasteiger charge is -2.10. The van der Waals surface area contributed by atoms with E-state index in [1.807, 2.05) is 36.0 Å². The maximum Gasteiger partial charge on any atom is 0.159 e. The molecule has 0 fully saturated rings. The van der Waals surface area contributed by atoms with Crippen LogP contribution in [0.4, 0.5) is 0 Å². The van der Waals surface area contributed by atoms with Crippen molar-refractivity contribution in [2.45, 2.75) is 20.4 Å². The fourth-order valence-corrected chi connectivity index (χ4v) is 1.71. The summed E-state index contributed by atoms with van der Waals surface area (Å²) in [5.41, 5.74) is 1.69. The third-order valence-electron chi connectivity index (χ3n) is 2.72. The molecule has 0 aliphatic heterocycles. The zero-order valence-electron chi connectivity index (χ0n) is 10.6. The number of aromatic nitrogens is 2. The number of rotatable bonds is 5. The van der Waals surface area contributed by atoms with Crippen LogP contribution in [0.3, 0.4) is 0 Å². The minimum Gasteiger partial charge on any atom is -0.491 e. The van der Waals surface area contributed by atoms with Gasteiger partial charge in [-0.25, -0.2) is 0 Å². The lowest BCUT2D eigenvalue weighted by atomic mass is 10.1. The SMILES string of the molecule is CC(=O)c1ccc(OCCn2cccn2)c(C)c1. The molecule has 0 N–H and O–H groups in total. The second-order valence-electron chi connectivity index (χ2n) is 4.15. The zero-order chi connectivity index (χ0) is 13.0. The average Bonchev–Trinajstić information content (AvgIpc) is 2.84. The minimum absolute atomic E-state index is 0.0705. The van der Waals surface area contributed by atoms with Gasteiger partial charge in [-0.2, -0.15) is 5.10 Å². The molecule has 0 saturated heterocycles. The predicted molar refractivity (Wildman–Crippen MR) is 68.9 cm³/mol. The van der Waals surface area contributed by atoms with Gasteiger partial charge in [0.05, 0.1) is 6.54 Å². The standard InChI is InChI=1S/C14H16N2O2/c1-11-10-13(12(2)17)4-5-14(11)18-9-8-16-7-3-6-15-16/h3-7,10H,8-9H2,1-2H3. The fourth-order valence-electron chi connectivity index (χ4n) is 1.71. The molecule has 94 valence electrons. The van der Waals surface area contributed by atoms with Crippen molar-refractivity contribution < 1.29 is 9.53 Å². The largest absolute Gasteiger partial charge is 0.491 e. The van der Waals surface area contributed by atoms with Crippen LogP contribution in [0.25, 0.3) is 0 Å². The van der Waals surface area contributed by atoms with Crippen molar-refractivity contribution in [2.24, 2.45) is 0 Å². The third-order valence-corrected chi connectivity index (χ3v) is 2.72. The van der Waals surface area contributed by atoms with Gasteiger partial charge in [-0.05, 0) is 43.7 Å². The molecule has 0 atom stereocenters. The Balaban J connectivity index is 1.95. The number of nitrogens with zero attached hydrogens (tertiary/aromatic N) is 2. The molecule has 0 bridgehead atoms. The second-order valence-corrected chi connectivity index (χ2v) is 4.15. The Morgan fingerprint density at radius 1 is 1.44 bits per heavy atom. The number of hydrogen-bond donors (Lipinski definition) is 0. The molecular formula is C14H16N2O2. The molecule has 1 aromatic heterocycles. The van der Waals surface area contributed by atoms with Crippen LogP contribution < -0.4 is 4.74 Å². The van der Waals surface area contributed by atoms with E-state index in [1.54, 1.807) is 19.2 Å². The van der Waals surface area contributed by atoms with E-state index < -0.39 is 0 Å². The topological polar surface area (TPSA) is 44.1 Å². The Hall–Kier alpha value is -2.10. The van der Waals surface area contributed by atoms with E-state index >= 15 is 0 Å². The van der Waals surface area contributed by atoms with Crippen LogP contribution in [0.1, 0.15) is 22.8 Å². The van der Waals surface area contributed by atoms with Gasteiger partial charge in [0, 0.05) is 18.0 Å². The second kappa shape index (κ2) is 5.49. The number of carbonyl (C=O) groups excluding carboxylic acids is 1. The highest BCUT2D eigenvalue weighted by Crippen LogP contribution is 2.19. The Kier molecular flexibility index (Phi) is 3.77. The first-order valence-corrected chi connectivity index (χ1v) is 5.88. The van der Waals surface area contributed by atoms with E-state index in [-0.39, 0.29) is 5.78 Å². The molecule has 2 aromatic rings. The van der Waals surface area contributed by atoms with Crippen LogP contribution >= 0.6 is 0 Å². The van der Waals surface area contributed by atoms with Crippen molar-refractivity contribution in [3.63, 3.8) is 0 Å². The quantitative estimate of drug-likeness (QED) is 0.759. The molecule has 0 amide bonds. The summed E-state index contributed by atoms with van der Waals surface area (Å²) in [6, 6.07) is 7.37. The molecule has 0 radical (unpaired) electrons. The smallest absolute Gasteiger partial charge is 0.159 e. The molecule has 1 heterocycles. The van der Waals surface area contributed by atoms with Crippen molar-refractivity contribution in [1.82, 2.24) is 9.78 Å². The van der Waals surface area contributed by atoms with Crippen LogP contribution in [0.5, 0.6) is 5.75 Å². The van der Waals surface area contributed by atoms with Gasteiger partial charge < -0.3 is 4.74 Å². The minimum atomic E-state index is 0.0705. The van der Waals surface area contributed by atoms with Gasteiger partial charge in [0.25, 0.3) is 0 Å². The summed E-state index contributed by atoms with van der Waals surface area (Å²) in [4.78, 5) is 11.2. The van der Waals surface area contributed by atoms with Crippen molar-refractivity contribution in [3.8, 4) is 5.75 Å². The lowest BCUT2D eigenvalue weighted by Crippen LogP contribution is -2.09. The van der Waals surface area contributed by atoms with Crippen LogP contribution in [-0.2, 0) is 6.54 Å². The summed E-state index contributed by atoms with van der Waals surface area (Å²) < 4.78 is 7.49. The summed E-state index contributed by atoms with van der Waals surface area (Å²) in [5, 5.41) is 4.10. The highest BCUT2D eigenvalue weighted by molar-refractivity contribution is 5.94. The van der Waals surface area contributed by atoms with E-state index in [0.717, 1.165) is 11.3 Å². The maximum absolute atomic E-state index is 11.2. The van der Waals surface area contributed by atoms with Crippen molar-refractivity contribution in [2.75, 3.05) is 6.61 Å². The Morgan fingerprint density at radius 2 is 2.28 bits per heavy atom. The summed E-state index contributed by atoms with van der Waals surface area (Å²) in [6.07, 6.45) is 3.64. The van der Waals surface area contributed by atoms with Gasteiger partial charge in [0.1, 0.15) is 12.4 Å². The number of benzene rings is 1. The Labute approximate surface area is 106 Å². The van der Waals surface area contributed by atoms with Crippen molar-refractivity contribution >= 4 is 5.78 Å². The number of ether oxygens (including phenoxy) is 1. The molecule has 0 aliphatic rings. The predicted octanol–water partition coefficient (Wildman–Crippen LogP) is 2.47. The average molecular weight is 244 g/mol. The fraction of sp³-hybridized carbons (Fsp3) is 0.286. The van der Waals surface area contributed by atoms with Crippen LogP contribution in [-0.4, -0.2) is 22.2 Å². The van der Waals surface area contributed by atoms with E-state index in [0.29, 0.717) is 18.7 Å². The molecule has 2 rings (SSSR count). The number of hydrogen-bond acceptors (Lipinski definition) is 3.